The topological polar surface area (TPSA) is 49.8 Å². The molecule has 5 heteroatoms. The second-order valence-electron chi connectivity index (χ2n) is 3.81. The van der Waals surface area contributed by atoms with Crippen molar-refractivity contribution in [2.75, 3.05) is 24.2 Å². The minimum Gasteiger partial charge on any atom is -0.372 e. The maximum absolute atomic E-state index is 13.4. The maximum atomic E-state index is 13.4. The molecule has 2 rings (SSSR count). The van der Waals surface area contributed by atoms with Gasteiger partial charge in [0.05, 0.1) is 12.4 Å². The Bertz CT molecular complexity index is 516. The van der Waals surface area contributed by atoms with Gasteiger partial charge in [-0.3, -0.25) is 4.98 Å². The number of hydrogen-bond acceptors (Lipinski definition) is 4. The Kier molecular flexibility index (Phi) is 4.06. The van der Waals surface area contributed by atoms with E-state index in [9.17, 15) is 4.39 Å². The molecular weight excluding hydrogens is 231 g/mol. The minimum absolute atomic E-state index is 0.172. The first kappa shape index (κ1) is 12.3. The molecule has 0 radical (unpaired) electrons. The van der Waals surface area contributed by atoms with Gasteiger partial charge in [-0.2, -0.15) is 0 Å². The zero-order valence-electron chi connectivity index (χ0n) is 10.2. The molecule has 0 unspecified atom stereocenters. The first-order chi connectivity index (χ1) is 8.79. The van der Waals surface area contributed by atoms with E-state index in [1.165, 1.54) is 6.07 Å². The predicted molar refractivity (Wildman–Crippen MR) is 70.2 cm³/mol. The Morgan fingerprint density at radius 1 is 1.17 bits per heavy atom. The summed E-state index contributed by atoms with van der Waals surface area (Å²) in [5.74, 6) is 1.21. The lowest BCUT2D eigenvalue weighted by Gasteiger charge is -2.07. The van der Waals surface area contributed by atoms with Gasteiger partial charge in [-0.05, 0) is 18.1 Å². The third-order valence-corrected chi connectivity index (χ3v) is 2.55. The first-order valence-corrected chi connectivity index (χ1v) is 5.76. The SMILES string of the molecule is CNc1cncc(NCCc2ccccc2F)n1. The first-order valence-electron chi connectivity index (χ1n) is 5.76. The van der Waals surface area contributed by atoms with Gasteiger partial charge < -0.3 is 10.6 Å². The number of hydrogen-bond donors (Lipinski definition) is 2. The van der Waals surface area contributed by atoms with Crippen molar-refractivity contribution in [3.05, 3.63) is 48.0 Å². The molecule has 2 aromatic rings. The fraction of sp³-hybridized carbons (Fsp3) is 0.231. The van der Waals surface area contributed by atoms with Crippen LogP contribution >= 0.6 is 0 Å². The van der Waals surface area contributed by atoms with E-state index in [0.717, 1.165) is 0 Å². The van der Waals surface area contributed by atoms with Gasteiger partial charge in [0.15, 0.2) is 0 Å². The number of aromatic nitrogens is 2. The van der Waals surface area contributed by atoms with Crippen LogP contribution in [-0.4, -0.2) is 23.6 Å². The molecule has 1 aromatic carbocycles. The van der Waals surface area contributed by atoms with E-state index < -0.39 is 0 Å². The van der Waals surface area contributed by atoms with Crippen molar-refractivity contribution in [1.29, 1.82) is 0 Å². The molecule has 94 valence electrons. The molecule has 0 atom stereocenters. The molecule has 0 aliphatic heterocycles. The average molecular weight is 246 g/mol. The summed E-state index contributed by atoms with van der Waals surface area (Å²) in [5.41, 5.74) is 0.697. The normalized spacial score (nSPS) is 10.1. The molecule has 4 nitrogen and oxygen atoms in total. The standard InChI is InChI=1S/C13H15FN4/c1-15-12-8-16-9-13(18-12)17-7-6-10-4-2-3-5-11(10)14/h2-5,8-9H,6-7H2,1H3,(H2,15,17,18). The molecule has 1 aromatic heterocycles. The highest BCUT2D eigenvalue weighted by atomic mass is 19.1. The highest BCUT2D eigenvalue weighted by molar-refractivity contribution is 5.41. The summed E-state index contributed by atoms with van der Waals surface area (Å²) in [6.45, 7) is 0.614. The van der Waals surface area contributed by atoms with Crippen molar-refractivity contribution >= 4 is 11.6 Å². The Labute approximate surface area is 105 Å². The van der Waals surface area contributed by atoms with Crippen LogP contribution in [0.3, 0.4) is 0 Å². The van der Waals surface area contributed by atoms with Crippen LogP contribution < -0.4 is 10.6 Å². The van der Waals surface area contributed by atoms with Crippen molar-refractivity contribution in [2.24, 2.45) is 0 Å². The van der Waals surface area contributed by atoms with Crippen molar-refractivity contribution in [3.8, 4) is 0 Å². The zero-order valence-corrected chi connectivity index (χ0v) is 10.2. The number of nitrogens with zero attached hydrogens (tertiary/aromatic N) is 2. The maximum Gasteiger partial charge on any atom is 0.146 e. The molecule has 0 aliphatic rings. The van der Waals surface area contributed by atoms with Gasteiger partial charge in [-0.25, -0.2) is 9.37 Å². The van der Waals surface area contributed by atoms with Gasteiger partial charge in [0.1, 0.15) is 17.5 Å². The lowest BCUT2D eigenvalue weighted by molar-refractivity contribution is 0.610. The molecule has 0 spiro atoms. The van der Waals surface area contributed by atoms with Crippen molar-refractivity contribution < 1.29 is 4.39 Å². The smallest absolute Gasteiger partial charge is 0.146 e. The van der Waals surface area contributed by atoms with Crippen molar-refractivity contribution in [1.82, 2.24) is 9.97 Å². The number of rotatable bonds is 5. The number of nitrogens with one attached hydrogen (secondary N) is 2. The van der Waals surface area contributed by atoms with Crippen molar-refractivity contribution in [3.63, 3.8) is 0 Å². The molecule has 0 saturated heterocycles. The van der Waals surface area contributed by atoms with Gasteiger partial charge in [0.25, 0.3) is 0 Å². The van der Waals surface area contributed by atoms with E-state index in [1.807, 2.05) is 6.07 Å². The van der Waals surface area contributed by atoms with Crippen molar-refractivity contribution in [2.45, 2.75) is 6.42 Å². The summed E-state index contributed by atoms with van der Waals surface area (Å²) in [4.78, 5) is 8.30. The molecule has 0 saturated carbocycles. The van der Waals surface area contributed by atoms with Crippen LogP contribution in [0, 0.1) is 5.82 Å². The predicted octanol–water partition coefficient (Wildman–Crippen LogP) is 2.31. The molecular formula is C13H15FN4. The van der Waals surface area contributed by atoms with Gasteiger partial charge in [-0.1, -0.05) is 18.2 Å². The van der Waals surface area contributed by atoms with Crippen LogP contribution in [0.4, 0.5) is 16.0 Å². The Morgan fingerprint density at radius 3 is 2.72 bits per heavy atom. The fourth-order valence-corrected chi connectivity index (χ4v) is 1.60. The van der Waals surface area contributed by atoms with Crippen LogP contribution in [0.1, 0.15) is 5.56 Å². The van der Waals surface area contributed by atoms with Gasteiger partial charge in [-0.15, -0.1) is 0 Å². The van der Waals surface area contributed by atoms with Crippen LogP contribution in [0.25, 0.3) is 0 Å². The minimum atomic E-state index is -0.172. The van der Waals surface area contributed by atoms with Gasteiger partial charge in [0, 0.05) is 13.6 Å². The molecule has 1 heterocycles. The number of halogens is 1. The number of anilines is 2. The summed E-state index contributed by atoms with van der Waals surface area (Å²) in [6.07, 6.45) is 3.89. The molecule has 0 bridgehead atoms. The Hall–Kier alpha value is -2.17. The van der Waals surface area contributed by atoms with E-state index >= 15 is 0 Å². The van der Waals surface area contributed by atoms with Gasteiger partial charge in [0.2, 0.25) is 0 Å². The highest BCUT2D eigenvalue weighted by Gasteiger charge is 2.01. The highest BCUT2D eigenvalue weighted by Crippen LogP contribution is 2.09. The summed E-state index contributed by atoms with van der Waals surface area (Å²) in [5, 5.41) is 6.03. The summed E-state index contributed by atoms with van der Waals surface area (Å²) in [6, 6.07) is 6.78. The summed E-state index contributed by atoms with van der Waals surface area (Å²) in [7, 11) is 1.78. The number of benzene rings is 1. The Balaban J connectivity index is 1.90. The lowest BCUT2D eigenvalue weighted by atomic mass is 10.1. The molecule has 18 heavy (non-hydrogen) atoms. The third-order valence-electron chi connectivity index (χ3n) is 2.55. The zero-order chi connectivity index (χ0) is 12.8. The fourth-order valence-electron chi connectivity index (χ4n) is 1.60. The summed E-state index contributed by atoms with van der Waals surface area (Å²) >= 11 is 0. The van der Waals surface area contributed by atoms with E-state index in [1.54, 1.807) is 31.6 Å². The van der Waals surface area contributed by atoms with Crippen LogP contribution in [0.15, 0.2) is 36.7 Å². The van der Waals surface area contributed by atoms with E-state index in [0.29, 0.717) is 30.2 Å². The van der Waals surface area contributed by atoms with Gasteiger partial charge >= 0.3 is 0 Å². The Morgan fingerprint density at radius 2 is 1.94 bits per heavy atom. The molecule has 0 amide bonds. The van der Waals surface area contributed by atoms with E-state index in [-0.39, 0.29) is 5.82 Å². The molecule has 0 fully saturated rings. The van der Waals surface area contributed by atoms with Crippen LogP contribution in [0.5, 0.6) is 0 Å². The van der Waals surface area contributed by atoms with Crippen LogP contribution in [-0.2, 0) is 6.42 Å². The molecule has 2 N–H and O–H groups in total. The van der Waals surface area contributed by atoms with E-state index in [4.69, 9.17) is 0 Å². The largest absolute Gasteiger partial charge is 0.372 e. The summed E-state index contributed by atoms with van der Waals surface area (Å²) < 4.78 is 13.4. The van der Waals surface area contributed by atoms with Crippen LogP contribution in [0.2, 0.25) is 0 Å². The lowest BCUT2D eigenvalue weighted by Crippen LogP contribution is -2.08. The third kappa shape index (κ3) is 3.16. The average Bonchev–Trinajstić information content (AvgIpc) is 2.41. The second-order valence-corrected chi connectivity index (χ2v) is 3.81. The van der Waals surface area contributed by atoms with E-state index in [2.05, 4.69) is 20.6 Å². The molecule has 0 aliphatic carbocycles. The second kappa shape index (κ2) is 5.95. The quantitative estimate of drug-likeness (QED) is 0.850. The monoisotopic (exact) mass is 246 g/mol.